The average Bonchev–Trinajstić information content (AvgIpc) is 2.48. The Morgan fingerprint density at radius 1 is 1.00 bits per heavy atom. The van der Waals surface area contributed by atoms with E-state index in [1.165, 1.54) is 24.3 Å². The molecule has 0 saturated heterocycles. The van der Waals surface area contributed by atoms with E-state index in [0.717, 1.165) is 5.56 Å². The lowest BCUT2D eigenvalue weighted by Gasteiger charge is -2.15. The number of halogens is 2. The Morgan fingerprint density at radius 2 is 1.52 bits per heavy atom. The third kappa shape index (κ3) is 4.56. The Balaban J connectivity index is 1.84. The van der Waals surface area contributed by atoms with Crippen LogP contribution in [0.2, 0.25) is 0 Å². The van der Waals surface area contributed by atoms with Crippen LogP contribution in [0.5, 0.6) is 0 Å². The van der Waals surface area contributed by atoms with E-state index in [-0.39, 0.29) is 17.5 Å². The molecule has 2 aromatic carbocycles. The van der Waals surface area contributed by atoms with Gasteiger partial charge in [0.25, 0.3) is 0 Å². The van der Waals surface area contributed by atoms with E-state index in [1.54, 1.807) is 31.2 Å². The van der Waals surface area contributed by atoms with Gasteiger partial charge in [-0.1, -0.05) is 12.1 Å². The predicted molar refractivity (Wildman–Crippen MR) is 77.7 cm³/mol. The van der Waals surface area contributed by atoms with Crippen molar-refractivity contribution < 1.29 is 13.6 Å². The first-order valence-corrected chi connectivity index (χ1v) is 6.59. The molecule has 1 unspecified atom stereocenters. The van der Waals surface area contributed by atoms with E-state index >= 15 is 0 Å². The summed E-state index contributed by atoms with van der Waals surface area (Å²) in [6, 6.07) is 11.3. The molecule has 5 heteroatoms. The van der Waals surface area contributed by atoms with Crippen molar-refractivity contribution in [3.05, 3.63) is 65.7 Å². The number of carbonyl (C=O) groups excluding carboxylic acids is 1. The minimum atomic E-state index is -0.462. The van der Waals surface area contributed by atoms with E-state index in [2.05, 4.69) is 10.6 Å². The van der Waals surface area contributed by atoms with Crippen molar-refractivity contribution in [1.82, 2.24) is 5.32 Å². The second-order valence-electron chi connectivity index (χ2n) is 4.72. The summed E-state index contributed by atoms with van der Waals surface area (Å²) in [5, 5.41) is 5.73. The van der Waals surface area contributed by atoms with E-state index in [9.17, 15) is 13.6 Å². The minimum Gasteiger partial charge on any atom is -0.374 e. The number of amides is 1. The van der Waals surface area contributed by atoms with Crippen molar-refractivity contribution in [1.29, 1.82) is 0 Å². The van der Waals surface area contributed by atoms with Crippen LogP contribution in [0.1, 0.15) is 12.5 Å². The third-order valence-corrected chi connectivity index (χ3v) is 3.00. The lowest BCUT2D eigenvalue weighted by atomic mass is 10.2. The molecule has 0 aromatic heterocycles. The summed E-state index contributed by atoms with van der Waals surface area (Å²) >= 11 is 0. The summed E-state index contributed by atoms with van der Waals surface area (Å²) in [6.07, 6.45) is 0. The molecule has 1 atom stereocenters. The van der Waals surface area contributed by atoms with Crippen LogP contribution in [-0.4, -0.2) is 11.9 Å². The van der Waals surface area contributed by atoms with Gasteiger partial charge >= 0.3 is 0 Å². The Labute approximate surface area is 122 Å². The van der Waals surface area contributed by atoms with Crippen LogP contribution in [0, 0.1) is 11.6 Å². The fourth-order valence-electron chi connectivity index (χ4n) is 1.81. The fraction of sp³-hybridized carbons (Fsp3) is 0.188. The van der Waals surface area contributed by atoms with Gasteiger partial charge in [-0.05, 0) is 48.9 Å². The smallest absolute Gasteiger partial charge is 0.242 e. The van der Waals surface area contributed by atoms with Gasteiger partial charge < -0.3 is 10.6 Å². The number of carbonyl (C=O) groups is 1. The zero-order valence-electron chi connectivity index (χ0n) is 11.6. The molecule has 0 radical (unpaired) electrons. The van der Waals surface area contributed by atoms with E-state index < -0.39 is 6.04 Å². The quantitative estimate of drug-likeness (QED) is 0.888. The molecule has 2 N–H and O–H groups in total. The highest BCUT2D eigenvalue weighted by Gasteiger charge is 2.12. The van der Waals surface area contributed by atoms with Crippen LogP contribution in [-0.2, 0) is 11.3 Å². The predicted octanol–water partition coefficient (Wildman–Crippen LogP) is 3.08. The zero-order valence-corrected chi connectivity index (χ0v) is 11.6. The molecule has 0 aliphatic carbocycles. The standard InChI is InChI=1S/C16H16F2N2O/c1-11(20-15-8-6-14(18)7-9-15)16(21)19-10-12-2-4-13(17)5-3-12/h2-9,11,20H,10H2,1H3,(H,19,21). The van der Waals surface area contributed by atoms with Crippen LogP contribution >= 0.6 is 0 Å². The number of rotatable bonds is 5. The van der Waals surface area contributed by atoms with Crippen LogP contribution in [0.25, 0.3) is 0 Å². The largest absolute Gasteiger partial charge is 0.374 e. The van der Waals surface area contributed by atoms with Crippen molar-refractivity contribution in [2.45, 2.75) is 19.5 Å². The number of benzene rings is 2. The Hall–Kier alpha value is -2.43. The molecule has 0 bridgehead atoms. The molecule has 0 spiro atoms. The van der Waals surface area contributed by atoms with Gasteiger partial charge in [-0.15, -0.1) is 0 Å². The van der Waals surface area contributed by atoms with Crippen LogP contribution < -0.4 is 10.6 Å². The van der Waals surface area contributed by atoms with Gasteiger partial charge in [0.2, 0.25) is 5.91 Å². The second kappa shape index (κ2) is 6.83. The van der Waals surface area contributed by atoms with Crippen molar-refractivity contribution in [2.75, 3.05) is 5.32 Å². The SMILES string of the molecule is CC(Nc1ccc(F)cc1)C(=O)NCc1ccc(F)cc1. The average molecular weight is 290 g/mol. The van der Waals surface area contributed by atoms with Gasteiger partial charge in [-0.3, -0.25) is 4.79 Å². The number of anilines is 1. The van der Waals surface area contributed by atoms with Crippen molar-refractivity contribution >= 4 is 11.6 Å². The molecule has 0 aliphatic rings. The van der Waals surface area contributed by atoms with E-state index in [4.69, 9.17) is 0 Å². The highest BCUT2D eigenvalue weighted by atomic mass is 19.1. The summed E-state index contributed by atoms with van der Waals surface area (Å²) in [7, 11) is 0. The first-order valence-electron chi connectivity index (χ1n) is 6.59. The molecule has 0 heterocycles. The Kier molecular flexibility index (Phi) is 4.87. The second-order valence-corrected chi connectivity index (χ2v) is 4.72. The van der Waals surface area contributed by atoms with E-state index in [0.29, 0.717) is 12.2 Å². The van der Waals surface area contributed by atoms with Crippen LogP contribution in [0.3, 0.4) is 0 Å². The van der Waals surface area contributed by atoms with Gasteiger partial charge in [0.15, 0.2) is 0 Å². The highest BCUT2D eigenvalue weighted by Crippen LogP contribution is 2.10. The maximum atomic E-state index is 12.8. The minimum absolute atomic E-state index is 0.191. The van der Waals surface area contributed by atoms with Gasteiger partial charge in [-0.2, -0.15) is 0 Å². The van der Waals surface area contributed by atoms with Crippen LogP contribution in [0.4, 0.5) is 14.5 Å². The molecule has 2 rings (SSSR count). The first-order chi connectivity index (χ1) is 10.0. The van der Waals surface area contributed by atoms with Gasteiger partial charge in [0.05, 0.1) is 0 Å². The molecule has 3 nitrogen and oxygen atoms in total. The highest BCUT2D eigenvalue weighted by molar-refractivity contribution is 5.84. The normalized spacial score (nSPS) is 11.8. The Morgan fingerprint density at radius 3 is 2.10 bits per heavy atom. The maximum absolute atomic E-state index is 12.8. The number of hydrogen-bond donors (Lipinski definition) is 2. The first kappa shape index (κ1) is 15.0. The van der Waals surface area contributed by atoms with Crippen molar-refractivity contribution in [3.8, 4) is 0 Å². The molecular formula is C16H16F2N2O. The zero-order chi connectivity index (χ0) is 15.2. The molecule has 0 saturated carbocycles. The molecule has 0 fully saturated rings. The number of nitrogens with one attached hydrogen (secondary N) is 2. The van der Waals surface area contributed by atoms with Gasteiger partial charge in [0, 0.05) is 12.2 Å². The molecule has 21 heavy (non-hydrogen) atoms. The van der Waals surface area contributed by atoms with Crippen molar-refractivity contribution in [3.63, 3.8) is 0 Å². The summed E-state index contributed by atoms with van der Waals surface area (Å²) in [4.78, 5) is 11.9. The van der Waals surface area contributed by atoms with E-state index in [1.807, 2.05) is 0 Å². The van der Waals surface area contributed by atoms with Crippen molar-refractivity contribution in [2.24, 2.45) is 0 Å². The van der Waals surface area contributed by atoms with Gasteiger partial charge in [0.1, 0.15) is 17.7 Å². The topological polar surface area (TPSA) is 41.1 Å². The molecule has 2 aromatic rings. The van der Waals surface area contributed by atoms with Crippen LogP contribution in [0.15, 0.2) is 48.5 Å². The molecule has 0 aliphatic heterocycles. The number of hydrogen-bond acceptors (Lipinski definition) is 2. The molecule has 110 valence electrons. The molecular weight excluding hydrogens is 274 g/mol. The Bertz CT molecular complexity index is 597. The molecule has 1 amide bonds. The third-order valence-electron chi connectivity index (χ3n) is 3.00. The maximum Gasteiger partial charge on any atom is 0.242 e. The summed E-state index contributed by atoms with van der Waals surface area (Å²) < 4.78 is 25.5. The summed E-state index contributed by atoms with van der Waals surface area (Å²) in [6.45, 7) is 2.04. The summed E-state index contributed by atoms with van der Waals surface area (Å²) in [5.74, 6) is -0.825. The fourth-order valence-corrected chi connectivity index (χ4v) is 1.81. The monoisotopic (exact) mass is 290 g/mol. The van der Waals surface area contributed by atoms with Gasteiger partial charge in [-0.25, -0.2) is 8.78 Å². The lowest BCUT2D eigenvalue weighted by molar-refractivity contribution is -0.121. The lowest BCUT2D eigenvalue weighted by Crippen LogP contribution is -2.37. The summed E-state index contributed by atoms with van der Waals surface area (Å²) in [5.41, 5.74) is 1.49.